The fraction of sp³-hybridized carbons (Fsp3) is 0.0625. The van der Waals surface area contributed by atoms with Crippen LogP contribution in [0.15, 0.2) is 41.5 Å². The van der Waals surface area contributed by atoms with E-state index in [-0.39, 0.29) is 10.7 Å². The second-order valence-electron chi connectivity index (χ2n) is 4.84. The predicted molar refractivity (Wildman–Crippen MR) is 117 cm³/mol. The van der Waals surface area contributed by atoms with Crippen LogP contribution in [0.5, 0.6) is 5.75 Å². The number of hydrogen-bond acceptors (Lipinski definition) is 4. The van der Waals surface area contributed by atoms with Gasteiger partial charge in [0.1, 0.15) is 12.4 Å². The molecule has 2 rings (SSSR count). The number of hydrogen-bond donors (Lipinski definition) is 3. The fourth-order valence-corrected chi connectivity index (χ4v) is 4.04. The summed E-state index contributed by atoms with van der Waals surface area (Å²) in [7, 11) is 0. The van der Waals surface area contributed by atoms with Crippen molar-refractivity contribution in [2.45, 2.75) is 6.61 Å². The van der Waals surface area contributed by atoms with Crippen molar-refractivity contribution in [3.63, 3.8) is 0 Å². The van der Waals surface area contributed by atoms with Gasteiger partial charge in [0.25, 0.3) is 0 Å². The van der Waals surface area contributed by atoms with E-state index < -0.39 is 5.97 Å². The maximum Gasteiger partial charge on any atom is 0.335 e. The molecule has 0 aliphatic heterocycles. The van der Waals surface area contributed by atoms with Crippen molar-refractivity contribution in [2.24, 2.45) is 10.8 Å². The van der Waals surface area contributed by atoms with Gasteiger partial charge in [0.15, 0.2) is 5.11 Å². The standard InChI is InChI=1S/C16H13I2N3O3S/c17-12-5-10(7-20-21-16(19)25)6-13(18)14(12)24-8-9-1-3-11(4-2-9)15(22)23/h1-7H,8H2,(H,22,23)(H3,19,21,25)/b20-7-. The lowest BCUT2D eigenvalue weighted by Crippen LogP contribution is -2.24. The SMILES string of the molecule is NC(=S)N/N=C\c1cc(I)c(OCc2ccc(C(=O)O)cc2)c(I)c1. The number of benzene rings is 2. The Kier molecular flexibility index (Phi) is 7.38. The van der Waals surface area contributed by atoms with E-state index in [4.69, 9.17) is 15.6 Å². The summed E-state index contributed by atoms with van der Waals surface area (Å²) < 4.78 is 7.76. The van der Waals surface area contributed by atoms with Crippen LogP contribution < -0.4 is 15.9 Å². The number of nitrogens with one attached hydrogen (secondary N) is 1. The molecule has 0 saturated heterocycles. The number of nitrogens with two attached hydrogens (primary N) is 1. The lowest BCUT2D eigenvalue weighted by molar-refractivity contribution is 0.0697. The first-order valence-electron chi connectivity index (χ1n) is 6.89. The molecule has 0 aliphatic carbocycles. The van der Waals surface area contributed by atoms with E-state index in [0.29, 0.717) is 6.61 Å². The maximum absolute atomic E-state index is 10.9. The van der Waals surface area contributed by atoms with Crippen LogP contribution in [-0.2, 0) is 6.61 Å². The first-order chi connectivity index (χ1) is 11.9. The van der Waals surface area contributed by atoms with E-state index in [0.717, 1.165) is 24.0 Å². The minimum atomic E-state index is -0.946. The van der Waals surface area contributed by atoms with E-state index in [1.807, 2.05) is 12.1 Å². The zero-order valence-corrected chi connectivity index (χ0v) is 17.8. The highest BCUT2D eigenvalue weighted by molar-refractivity contribution is 14.1. The van der Waals surface area contributed by atoms with Crippen LogP contribution in [0.1, 0.15) is 21.5 Å². The number of hydrazone groups is 1. The second-order valence-corrected chi connectivity index (χ2v) is 7.60. The van der Waals surface area contributed by atoms with Gasteiger partial charge < -0.3 is 15.6 Å². The zero-order valence-electron chi connectivity index (χ0n) is 12.7. The van der Waals surface area contributed by atoms with Crippen LogP contribution in [0.25, 0.3) is 0 Å². The van der Waals surface area contributed by atoms with E-state index in [2.05, 4.69) is 67.9 Å². The largest absolute Gasteiger partial charge is 0.487 e. The highest BCUT2D eigenvalue weighted by Crippen LogP contribution is 2.29. The molecular formula is C16H13I2N3O3S. The smallest absolute Gasteiger partial charge is 0.335 e. The predicted octanol–water partition coefficient (Wildman–Crippen LogP) is 3.34. The highest BCUT2D eigenvalue weighted by atomic mass is 127. The number of ether oxygens (including phenoxy) is 1. The molecule has 0 aliphatic rings. The van der Waals surface area contributed by atoms with Crippen molar-refractivity contribution < 1.29 is 14.6 Å². The van der Waals surface area contributed by atoms with Crippen LogP contribution in [0.2, 0.25) is 0 Å². The van der Waals surface area contributed by atoms with Crippen molar-refractivity contribution in [3.05, 3.63) is 60.2 Å². The van der Waals surface area contributed by atoms with E-state index in [1.165, 1.54) is 0 Å². The van der Waals surface area contributed by atoms with Gasteiger partial charge in [-0.15, -0.1) is 0 Å². The summed E-state index contributed by atoms with van der Waals surface area (Å²) in [5.41, 5.74) is 9.85. The molecule has 0 unspecified atom stereocenters. The zero-order chi connectivity index (χ0) is 18.4. The Hall–Kier alpha value is -1.47. The van der Waals surface area contributed by atoms with Gasteiger partial charge in [-0.3, -0.25) is 5.43 Å². The van der Waals surface area contributed by atoms with Crippen molar-refractivity contribution >= 4 is 74.7 Å². The summed E-state index contributed by atoms with van der Waals surface area (Å²) in [6, 6.07) is 10.5. The molecule has 0 spiro atoms. The maximum atomic E-state index is 10.9. The molecule has 0 atom stereocenters. The van der Waals surface area contributed by atoms with Crippen molar-refractivity contribution in [3.8, 4) is 5.75 Å². The molecule has 25 heavy (non-hydrogen) atoms. The van der Waals surface area contributed by atoms with Gasteiger partial charge in [-0.1, -0.05) is 12.1 Å². The van der Waals surface area contributed by atoms with E-state index in [9.17, 15) is 4.79 Å². The number of thiocarbonyl (C=S) groups is 1. The summed E-state index contributed by atoms with van der Waals surface area (Å²) >= 11 is 9.07. The number of halogens is 2. The lowest BCUT2D eigenvalue weighted by atomic mass is 10.1. The number of rotatable bonds is 6. The molecule has 9 heteroatoms. The number of aromatic carboxylic acids is 1. The molecule has 2 aromatic rings. The number of nitrogens with zero attached hydrogens (tertiary/aromatic N) is 1. The van der Waals surface area contributed by atoms with Crippen molar-refractivity contribution in [2.75, 3.05) is 0 Å². The lowest BCUT2D eigenvalue weighted by Gasteiger charge is -2.11. The summed E-state index contributed by atoms with van der Waals surface area (Å²) in [6.07, 6.45) is 1.62. The van der Waals surface area contributed by atoms with Crippen LogP contribution in [0.4, 0.5) is 0 Å². The van der Waals surface area contributed by atoms with Crippen molar-refractivity contribution in [1.29, 1.82) is 0 Å². The molecule has 2 aromatic carbocycles. The van der Waals surface area contributed by atoms with Crippen molar-refractivity contribution in [1.82, 2.24) is 5.43 Å². The number of carboxylic acid groups (broad SMARTS) is 1. The number of carbonyl (C=O) groups is 1. The van der Waals surface area contributed by atoms with Gasteiger partial charge in [-0.05, 0) is 92.8 Å². The molecule has 0 amide bonds. The van der Waals surface area contributed by atoms with Gasteiger partial charge >= 0.3 is 5.97 Å². The van der Waals surface area contributed by atoms with Crippen LogP contribution in [0.3, 0.4) is 0 Å². The fourth-order valence-electron chi connectivity index (χ4n) is 1.86. The van der Waals surface area contributed by atoms with Gasteiger partial charge in [-0.2, -0.15) is 5.10 Å². The average molecular weight is 581 g/mol. The first-order valence-corrected chi connectivity index (χ1v) is 9.46. The summed E-state index contributed by atoms with van der Waals surface area (Å²) in [5, 5.41) is 13.0. The number of carboxylic acids is 1. The molecule has 0 heterocycles. The quantitative estimate of drug-likeness (QED) is 0.210. The molecular weight excluding hydrogens is 568 g/mol. The molecule has 0 saturated carbocycles. The molecule has 0 aromatic heterocycles. The third-order valence-electron chi connectivity index (χ3n) is 2.99. The third kappa shape index (κ3) is 6.08. The topological polar surface area (TPSA) is 96.9 Å². The van der Waals surface area contributed by atoms with Gasteiger partial charge in [0.05, 0.1) is 18.9 Å². The van der Waals surface area contributed by atoms with Gasteiger partial charge in [0.2, 0.25) is 0 Å². The molecule has 0 fully saturated rings. The molecule has 6 nitrogen and oxygen atoms in total. The van der Waals surface area contributed by atoms with E-state index in [1.54, 1.807) is 30.5 Å². The average Bonchev–Trinajstić information content (AvgIpc) is 2.54. The Labute approximate surface area is 177 Å². The minimum absolute atomic E-state index is 0.106. The van der Waals surface area contributed by atoms with E-state index >= 15 is 0 Å². The Morgan fingerprint density at radius 3 is 2.40 bits per heavy atom. The van der Waals surface area contributed by atoms with Crippen LogP contribution in [-0.4, -0.2) is 22.4 Å². The Balaban J connectivity index is 2.08. The second kappa shape index (κ2) is 9.29. The van der Waals surface area contributed by atoms with Gasteiger partial charge in [0, 0.05) is 0 Å². The molecule has 130 valence electrons. The third-order valence-corrected chi connectivity index (χ3v) is 4.69. The Morgan fingerprint density at radius 2 is 1.88 bits per heavy atom. The monoisotopic (exact) mass is 581 g/mol. The molecule has 0 bridgehead atoms. The van der Waals surface area contributed by atoms with Crippen LogP contribution in [0, 0.1) is 7.14 Å². The normalized spacial score (nSPS) is 10.6. The molecule has 4 N–H and O–H groups in total. The summed E-state index contributed by atoms with van der Waals surface area (Å²) in [4.78, 5) is 10.9. The van der Waals surface area contributed by atoms with Gasteiger partial charge in [-0.25, -0.2) is 4.79 Å². The molecule has 0 radical (unpaired) electrons. The highest BCUT2D eigenvalue weighted by Gasteiger charge is 2.09. The first kappa shape index (κ1) is 19.8. The summed E-state index contributed by atoms with van der Waals surface area (Å²) in [5.74, 6) is -0.179. The Bertz CT molecular complexity index is 803. The minimum Gasteiger partial charge on any atom is -0.487 e. The summed E-state index contributed by atoms with van der Waals surface area (Å²) in [6.45, 7) is 0.350. The Morgan fingerprint density at radius 1 is 1.28 bits per heavy atom. The van der Waals surface area contributed by atoms with Crippen LogP contribution >= 0.6 is 57.4 Å².